The number of amides is 1. The van der Waals surface area contributed by atoms with E-state index in [1.807, 2.05) is 17.9 Å². The Kier molecular flexibility index (Phi) is 3.98. The summed E-state index contributed by atoms with van der Waals surface area (Å²) in [5, 5.41) is 4.21. The molecule has 7 heteroatoms. The van der Waals surface area contributed by atoms with Crippen LogP contribution in [0.25, 0.3) is 5.65 Å². The van der Waals surface area contributed by atoms with Gasteiger partial charge in [0.1, 0.15) is 6.54 Å². The number of nitrogens with two attached hydrogens (primary N) is 1. The zero-order valence-electron chi connectivity index (χ0n) is 12.7. The van der Waals surface area contributed by atoms with Crippen molar-refractivity contribution in [3.05, 3.63) is 34.9 Å². The second-order valence-corrected chi connectivity index (χ2v) is 5.88. The topological polar surface area (TPSA) is 85.6 Å². The van der Waals surface area contributed by atoms with Crippen LogP contribution in [0.15, 0.2) is 29.2 Å². The molecule has 118 valence electrons. The maximum absolute atomic E-state index is 12.6. The average Bonchev–Trinajstić information content (AvgIpc) is 2.84. The van der Waals surface area contributed by atoms with E-state index in [-0.39, 0.29) is 30.2 Å². The molecule has 2 aromatic heterocycles. The Bertz CT molecular complexity index is 733. The van der Waals surface area contributed by atoms with E-state index < -0.39 is 0 Å². The van der Waals surface area contributed by atoms with Gasteiger partial charge in [-0.15, -0.1) is 5.10 Å². The van der Waals surface area contributed by atoms with Crippen molar-refractivity contribution in [3.63, 3.8) is 0 Å². The van der Waals surface area contributed by atoms with Crippen molar-refractivity contribution in [3.8, 4) is 0 Å². The molecule has 3 heterocycles. The molecule has 22 heavy (non-hydrogen) atoms. The number of fused-ring (bicyclic) bond motifs is 1. The predicted molar refractivity (Wildman–Crippen MR) is 82.5 cm³/mol. The van der Waals surface area contributed by atoms with Crippen LogP contribution in [-0.4, -0.2) is 43.6 Å². The lowest BCUT2D eigenvalue weighted by molar-refractivity contribution is -0.136. The van der Waals surface area contributed by atoms with E-state index in [0.717, 1.165) is 19.3 Å². The van der Waals surface area contributed by atoms with Gasteiger partial charge in [-0.2, -0.15) is 0 Å². The lowest BCUT2D eigenvalue weighted by atomic mass is 9.97. The van der Waals surface area contributed by atoms with Crippen LogP contribution in [0, 0.1) is 0 Å². The molecule has 2 N–H and O–H groups in total. The number of hydrogen-bond donors (Lipinski definition) is 1. The maximum Gasteiger partial charge on any atom is 0.350 e. The fourth-order valence-corrected chi connectivity index (χ4v) is 3.10. The van der Waals surface area contributed by atoms with Gasteiger partial charge in [0, 0.05) is 24.8 Å². The molecule has 2 unspecified atom stereocenters. The highest BCUT2D eigenvalue weighted by atomic mass is 16.2. The number of rotatable bonds is 3. The van der Waals surface area contributed by atoms with Crippen molar-refractivity contribution < 1.29 is 4.79 Å². The lowest BCUT2D eigenvalue weighted by Crippen LogP contribution is -2.53. The molecule has 2 aromatic rings. The number of carbonyl (C=O) groups excluding carboxylic acids is 1. The van der Waals surface area contributed by atoms with Crippen molar-refractivity contribution in [2.24, 2.45) is 5.73 Å². The Morgan fingerprint density at radius 2 is 2.27 bits per heavy atom. The van der Waals surface area contributed by atoms with Crippen LogP contribution in [0.2, 0.25) is 0 Å². The minimum atomic E-state index is -0.293. The van der Waals surface area contributed by atoms with Crippen LogP contribution >= 0.6 is 0 Å². The quantitative estimate of drug-likeness (QED) is 0.879. The number of aromatic nitrogens is 3. The molecule has 0 radical (unpaired) electrons. The number of hydrogen-bond acceptors (Lipinski definition) is 4. The van der Waals surface area contributed by atoms with Crippen LogP contribution in [-0.2, 0) is 11.3 Å². The van der Waals surface area contributed by atoms with E-state index >= 15 is 0 Å². The molecule has 0 spiro atoms. The predicted octanol–water partition coefficient (Wildman–Crippen LogP) is 0.224. The van der Waals surface area contributed by atoms with Crippen molar-refractivity contribution in [1.82, 2.24) is 19.1 Å². The summed E-state index contributed by atoms with van der Waals surface area (Å²) in [4.78, 5) is 26.6. The molecule has 0 bridgehead atoms. The second kappa shape index (κ2) is 5.92. The summed E-state index contributed by atoms with van der Waals surface area (Å²) in [6.45, 7) is 2.59. The first-order valence-corrected chi connectivity index (χ1v) is 7.67. The van der Waals surface area contributed by atoms with E-state index in [9.17, 15) is 9.59 Å². The highest BCUT2D eigenvalue weighted by molar-refractivity contribution is 5.76. The summed E-state index contributed by atoms with van der Waals surface area (Å²) in [5.74, 6) is -0.0903. The third-order valence-corrected chi connectivity index (χ3v) is 4.25. The second-order valence-electron chi connectivity index (χ2n) is 5.88. The monoisotopic (exact) mass is 303 g/mol. The largest absolute Gasteiger partial charge is 0.350 e. The van der Waals surface area contributed by atoms with Crippen molar-refractivity contribution in [1.29, 1.82) is 0 Å². The van der Waals surface area contributed by atoms with Crippen LogP contribution in [0.1, 0.15) is 26.2 Å². The van der Waals surface area contributed by atoms with Gasteiger partial charge in [-0.05, 0) is 38.3 Å². The number of nitrogens with zero attached hydrogens (tertiary/aromatic N) is 4. The Hall–Kier alpha value is -2.15. The smallest absolute Gasteiger partial charge is 0.337 e. The molecular weight excluding hydrogens is 282 g/mol. The van der Waals surface area contributed by atoms with E-state index in [1.165, 1.54) is 9.08 Å². The molecule has 3 rings (SSSR count). The molecular formula is C15H21N5O2. The normalized spacial score (nSPS) is 20.3. The Morgan fingerprint density at radius 3 is 3.00 bits per heavy atom. The molecule has 1 saturated heterocycles. The molecule has 7 nitrogen and oxygen atoms in total. The van der Waals surface area contributed by atoms with Crippen molar-refractivity contribution in [2.75, 3.05) is 6.54 Å². The minimum absolute atomic E-state index is 0.0380. The van der Waals surface area contributed by atoms with E-state index in [0.29, 0.717) is 12.2 Å². The van der Waals surface area contributed by atoms with Gasteiger partial charge in [0.25, 0.3) is 0 Å². The van der Waals surface area contributed by atoms with Gasteiger partial charge in [0.15, 0.2) is 5.65 Å². The Morgan fingerprint density at radius 1 is 1.45 bits per heavy atom. The first-order chi connectivity index (χ1) is 10.6. The van der Waals surface area contributed by atoms with Crippen LogP contribution in [0.3, 0.4) is 0 Å². The summed E-state index contributed by atoms with van der Waals surface area (Å²) in [6.07, 6.45) is 4.64. The molecule has 1 aliphatic rings. The molecule has 1 amide bonds. The zero-order chi connectivity index (χ0) is 15.7. The van der Waals surface area contributed by atoms with Gasteiger partial charge in [-0.25, -0.2) is 9.48 Å². The molecule has 1 aliphatic heterocycles. The van der Waals surface area contributed by atoms with E-state index in [4.69, 9.17) is 5.73 Å². The van der Waals surface area contributed by atoms with Gasteiger partial charge in [-0.1, -0.05) is 6.07 Å². The number of likely N-dealkylation sites (tertiary alicyclic amines) is 1. The van der Waals surface area contributed by atoms with E-state index in [1.54, 1.807) is 18.3 Å². The summed E-state index contributed by atoms with van der Waals surface area (Å²) in [5.41, 5.74) is 6.25. The molecule has 0 aliphatic carbocycles. The summed E-state index contributed by atoms with van der Waals surface area (Å²) >= 11 is 0. The first-order valence-electron chi connectivity index (χ1n) is 7.67. The highest BCUT2D eigenvalue weighted by Crippen LogP contribution is 2.19. The Labute approximate surface area is 128 Å². The summed E-state index contributed by atoms with van der Waals surface area (Å²) in [7, 11) is 0. The number of carbonyl (C=O) groups is 1. The molecule has 1 fully saturated rings. The van der Waals surface area contributed by atoms with Gasteiger partial charge < -0.3 is 10.6 Å². The zero-order valence-corrected chi connectivity index (χ0v) is 12.7. The van der Waals surface area contributed by atoms with Crippen molar-refractivity contribution >= 4 is 11.6 Å². The van der Waals surface area contributed by atoms with Gasteiger partial charge >= 0.3 is 5.69 Å². The standard InChI is InChI=1S/C15H21N5O2/c1-11(16)12-6-2-4-8-18(12)14(21)10-20-15(22)19-9-5-3-7-13(19)17-20/h3,5,7,9,11-12H,2,4,6,8,10,16H2,1H3. The summed E-state index contributed by atoms with van der Waals surface area (Å²) in [6, 6.07) is 5.30. The van der Waals surface area contributed by atoms with Gasteiger partial charge in [0.05, 0.1) is 0 Å². The molecule has 0 saturated carbocycles. The highest BCUT2D eigenvalue weighted by Gasteiger charge is 2.29. The molecule has 2 atom stereocenters. The first kappa shape index (κ1) is 14.8. The lowest BCUT2D eigenvalue weighted by Gasteiger charge is -2.38. The molecule has 0 aromatic carbocycles. The fraction of sp³-hybridized carbons (Fsp3) is 0.533. The minimum Gasteiger partial charge on any atom is -0.337 e. The third-order valence-electron chi connectivity index (χ3n) is 4.25. The third kappa shape index (κ3) is 2.64. The maximum atomic E-state index is 12.6. The van der Waals surface area contributed by atoms with Gasteiger partial charge in [0.2, 0.25) is 5.91 Å². The van der Waals surface area contributed by atoms with Crippen LogP contribution < -0.4 is 11.4 Å². The van der Waals surface area contributed by atoms with Crippen LogP contribution in [0.5, 0.6) is 0 Å². The van der Waals surface area contributed by atoms with Gasteiger partial charge in [-0.3, -0.25) is 9.20 Å². The van der Waals surface area contributed by atoms with Crippen LogP contribution in [0.4, 0.5) is 0 Å². The fourth-order valence-electron chi connectivity index (χ4n) is 3.10. The SMILES string of the molecule is CC(N)C1CCCCN1C(=O)Cn1nc2ccccn2c1=O. The average molecular weight is 303 g/mol. The van der Waals surface area contributed by atoms with E-state index in [2.05, 4.69) is 5.10 Å². The number of pyridine rings is 1. The summed E-state index contributed by atoms with van der Waals surface area (Å²) < 4.78 is 2.66. The number of piperidine rings is 1. The van der Waals surface area contributed by atoms with Crippen molar-refractivity contribution in [2.45, 2.75) is 44.8 Å². The Balaban J connectivity index is 1.83.